The zero-order valence-electron chi connectivity index (χ0n) is 12.2. The maximum absolute atomic E-state index is 4.86. The Morgan fingerprint density at radius 1 is 1.37 bits per heavy atom. The van der Waals surface area contributed by atoms with Crippen LogP contribution in [0.3, 0.4) is 0 Å². The van der Waals surface area contributed by atoms with Crippen molar-refractivity contribution in [3.05, 3.63) is 29.1 Å². The van der Waals surface area contributed by atoms with Crippen LogP contribution in [0.4, 0.5) is 0 Å². The van der Waals surface area contributed by atoms with Gasteiger partial charge in [0, 0.05) is 13.5 Å². The molecule has 0 amide bonds. The number of aromatic nitrogens is 2. The topological polar surface area (TPSA) is 29.9 Å². The fraction of sp³-hybridized carbons (Fsp3) is 0.562. The van der Waals surface area contributed by atoms with Crippen molar-refractivity contribution in [2.45, 2.75) is 33.1 Å². The average molecular weight is 257 g/mol. The van der Waals surface area contributed by atoms with Gasteiger partial charge in [-0.3, -0.25) is 0 Å². The molecule has 0 saturated carbocycles. The zero-order chi connectivity index (χ0) is 13.4. The Kier molecular flexibility index (Phi) is 3.31. The Hall–Kier alpha value is -1.35. The quantitative estimate of drug-likeness (QED) is 0.896. The third-order valence-electron chi connectivity index (χ3n) is 4.27. The van der Waals surface area contributed by atoms with Crippen LogP contribution in [0.5, 0.6) is 0 Å². The van der Waals surface area contributed by atoms with Crippen molar-refractivity contribution < 1.29 is 0 Å². The predicted molar refractivity (Wildman–Crippen MR) is 79.5 cm³/mol. The zero-order valence-corrected chi connectivity index (χ0v) is 12.2. The summed E-state index contributed by atoms with van der Waals surface area (Å²) in [7, 11) is 2.16. The van der Waals surface area contributed by atoms with Crippen molar-refractivity contribution in [1.29, 1.82) is 0 Å². The summed E-state index contributed by atoms with van der Waals surface area (Å²) in [5.41, 5.74) is 5.08. The number of rotatable bonds is 2. The molecule has 1 atom stereocenters. The number of imidazole rings is 1. The normalized spacial score (nSPS) is 20.1. The molecule has 1 unspecified atom stereocenters. The predicted octanol–water partition coefficient (Wildman–Crippen LogP) is 2.73. The van der Waals surface area contributed by atoms with Gasteiger partial charge < -0.3 is 9.88 Å². The van der Waals surface area contributed by atoms with E-state index in [0.717, 1.165) is 24.4 Å². The Morgan fingerprint density at radius 2 is 2.21 bits per heavy atom. The van der Waals surface area contributed by atoms with Gasteiger partial charge in [0.05, 0.1) is 11.0 Å². The molecule has 1 aliphatic rings. The maximum atomic E-state index is 4.86. The van der Waals surface area contributed by atoms with E-state index in [0.29, 0.717) is 0 Å². The van der Waals surface area contributed by atoms with E-state index < -0.39 is 0 Å². The first kappa shape index (κ1) is 12.7. The van der Waals surface area contributed by atoms with Crippen molar-refractivity contribution in [1.82, 2.24) is 14.9 Å². The van der Waals surface area contributed by atoms with Gasteiger partial charge in [-0.2, -0.15) is 0 Å². The van der Waals surface area contributed by atoms with E-state index in [4.69, 9.17) is 4.98 Å². The fourth-order valence-corrected chi connectivity index (χ4v) is 3.34. The van der Waals surface area contributed by atoms with Gasteiger partial charge in [0.25, 0.3) is 0 Å². The van der Waals surface area contributed by atoms with Crippen molar-refractivity contribution >= 4 is 11.0 Å². The van der Waals surface area contributed by atoms with Crippen LogP contribution in [-0.2, 0) is 13.5 Å². The minimum absolute atomic E-state index is 0.741. The van der Waals surface area contributed by atoms with E-state index in [1.165, 1.54) is 41.9 Å². The lowest BCUT2D eigenvalue weighted by Crippen LogP contribution is -2.31. The van der Waals surface area contributed by atoms with Crippen LogP contribution < -0.4 is 5.32 Å². The monoisotopic (exact) mass is 257 g/mol. The second-order valence-corrected chi connectivity index (χ2v) is 5.95. The third-order valence-corrected chi connectivity index (χ3v) is 4.27. The van der Waals surface area contributed by atoms with Gasteiger partial charge in [0.15, 0.2) is 0 Å². The highest BCUT2D eigenvalue weighted by atomic mass is 15.1. The summed E-state index contributed by atoms with van der Waals surface area (Å²) < 4.78 is 2.29. The van der Waals surface area contributed by atoms with Crippen molar-refractivity contribution in [3.63, 3.8) is 0 Å². The molecular formula is C16H23N3. The molecule has 2 heterocycles. The van der Waals surface area contributed by atoms with Gasteiger partial charge in [-0.25, -0.2) is 4.98 Å². The Balaban J connectivity index is 1.95. The van der Waals surface area contributed by atoms with E-state index >= 15 is 0 Å². The molecule has 0 spiro atoms. The summed E-state index contributed by atoms with van der Waals surface area (Å²) in [6.45, 7) is 6.65. The van der Waals surface area contributed by atoms with Gasteiger partial charge in [-0.1, -0.05) is 6.07 Å². The first-order chi connectivity index (χ1) is 9.15. The maximum Gasteiger partial charge on any atom is 0.109 e. The molecule has 3 nitrogen and oxygen atoms in total. The molecule has 3 rings (SSSR count). The van der Waals surface area contributed by atoms with Gasteiger partial charge >= 0.3 is 0 Å². The number of aryl methyl sites for hydroxylation is 3. The summed E-state index contributed by atoms with van der Waals surface area (Å²) in [5, 5.41) is 3.49. The first-order valence-electron chi connectivity index (χ1n) is 7.28. The number of hydrogen-bond acceptors (Lipinski definition) is 2. The molecule has 19 heavy (non-hydrogen) atoms. The highest BCUT2D eigenvalue weighted by Crippen LogP contribution is 2.23. The van der Waals surface area contributed by atoms with Gasteiger partial charge in [0.2, 0.25) is 0 Å². The van der Waals surface area contributed by atoms with E-state index in [1.807, 2.05) is 0 Å². The molecule has 0 radical (unpaired) electrons. The number of nitrogens with one attached hydrogen (secondary N) is 1. The number of hydrogen-bond donors (Lipinski definition) is 1. The van der Waals surface area contributed by atoms with Crippen molar-refractivity contribution in [2.24, 2.45) is 13.0 Å². The largest absolute Gasteiger partial charge is 0.331 e. The summed E-state index contributed by atoms with van der Waals surface area (Å²) in [6, 6.07) is 4.45. The van der Waals surface area contributed by atoms with Crippen LogP contribution in [0.15, 0.2) is 12.1 Å². The third kappa shape index (κ3) is 2.39. The molecule has 1 saturated heterocycles. The lowest BCUT2D eigenvalue weighted by Gasteiger charge is -2.22. The van der Waals surface area contributed by atoms with E-state index in [9.17, 15) is 0 Å². The molecule has 1 fully saturated rings. The second kappa shape index (κ2) is 4.97. The summed E-state index contributed by atoms with van der Waals surface area (Å²) in [6.07, 6.45) is 3.72. The smallest absolute Gasteiger partial charge is 0.109 e. The van der Waals surface area contributed by atoms with Crippen LogP contribution in [0.2, 0.25) is 0 Å². The Bertz CT molecular complexity index is 592. The van der Waals surface area contributed by atoms with Crippen LogP contribution in [0, 0.1) is 19.8 Å². The van der Waals surface area contributed by atoms with Crippen LogP contribution in [0.1, 0.15) is 29.8 Å². The molecule has 0 bridgehead atoms. The summed E-state index contributed by atoms with van der Waals surface area (Å²) in [5.74, 6) is 1.98. The Labute approximate surface area is 115 Å². The van der Waals surface area contributed by atoms with Crippen molar-refractivity contribution in [2.75, 3.05) is 13.1 Å². The molecule has 102 valence electrons. The Morgan fingerprint density at radius 3 is 2.95 bits per heavy atom. The summed E-state index contributed by atoms with van der Waals surface area (Å²) in [4.78, 5) is 4.86. The average Bonchev–Trinajstić information content (AvgIpc) is 2.67. The molecule has 1 aromatic heterocycles. The lowest BCUT2D eigenvalue weighted by atomic mass is 9.96. The summed E-state index contributed by atoms with van der Waals surface area (Å²) >= 11 is 0. The highest BCUT2D eigenvalue weighted by Gasteiger charge is 2.17. The van der Waals surface area contributed by atoms with E-state index in [-0.39, 0.29) is 0 Å². The molecule has 1 aliphatic heterocycles. The van der Waals surface area contributed by atoms with Gasteiger partial charge in [-0.05, 0) is 62.9 Å². The van der Waals surface area contributed by atoms with E-state index in [1.54, 1.807) is 0 Å². The van der Waals surface area contributed by atoms with Gasteiger partial charge in [-0.15, -0.1) is 0 Å². The molecular weight excluding hydrogens is 234 g/mol. The second-order valence-electron chi connectivity index (χ2n) is 5.95. The number of benzene rings is 1. The molecule has 0 aliphatic carbocycles. The minimum atomic E-state index is 0.741. The van der Waals surface area contributed by atoms with Crippen LogP contribution >= 0.6 is 0 Å². The number of piperidine rings is 1. The standard InChI is InChI=1S/C16H23N3/c1-11-7-12(2)16-14(8-11)18-15(19(16)3)9-13-5-4-6-17-10-13/h7-8,13,17H,4-6,9-10H2,1-3H3. The molecule has 1 aromatic carbocycles. The van der Waals surface area contributed by atoms with E-state index in [2.05, 4.69) is 42.9 Å². The number of fused-ring (bicyclic) bond motifs is 1. The van der Waals surface area contributed by atoms with Crippen LogP contribution in [-0.4, -0.2) is 22.6 Å². The molecule has 3 heteroatoms. The highest BCUT2D eigenvalue weighted by molar-refractivity contribution is 5.80. The van der Waals surface area contributed by atoms with Crippen LogP contribution in [0.25, 0.3) is 11.0 Å². The lowest BCUT2D eigenvalue weighted by molar-refractivity contribution is 0.368. The first-order valence-corrected chi connectivity index (χ1v) is 7.28. The SMILES string of the molecule is Cc1cc(C)c2c(c1)nc(CC1CCCNC1)n2C. The van der Waals surface area contributed by atoms with Crippen molar-refractivity contribution in [3.8, 4) is 0 Å². The number of nitrogens with zero attached hydrogens (tertiary/aromatic N) is 2. The molecule has 1 N–H and O–H groups in total. The minimum Gasteiger partial charge on any atom is -0.331 e. The fourth-order valence-electron chi connectivity index (χ4n) is 3.34. The molecule has 2 aromatic rings. The van der Waals surface area contributed by atoms with Gasteiger partial charge in [0.1, 0.15) is 5.82 Å².